The number of carbonyl (C=O) groups excluding carboxylic acids is 2. The molecule has 0 aromatic heterocycles. The van der Waals surface area contributed by atoms with Crippen molar-refractivity contribution in [2.75, 3.05) is 57.9 Å². The number of anilines is 1. The summed E-state index contributed by atoms with van der Waals surface area (Å²) >= 11 is 5.93. The van der Waals surface area contributed by atoms with Crippen LogP contribution in [0.5, 0.6) is 0 Å². The number of halogens is 1. The zero-order chi connectivity index (χ0) is 23.8. The molecule has 0 unspecified atom stereocenters. The van der Waals surface area contributed by atoms with Crippen molar-refractivity contribution in [1.29, 1.82) is 0 Å². The number of piperazine rings is 1. The van der Waals surface area contributed by atoms with Crippen molar-refractivity contribution in [3.63, 3.8) is 0 Å². The van der Waals surface area contributed by atoms with E-state index < -0.39 is 15.9 Å². The molecule has 0 saturated carbocycles. The van der Waals surface area contributed by atoms with Crippen molar-refractivity contribution in [2.45, 2.75) is 4.90 Å². The largest absolute Gasteiger partial charge is 0.383 e. The second-order valence-electron chi connectivity index (χ2n) is 7.44. The van der Waals surface area contributed by atoms with Gasteiger partial charge in [-0.15, -0.1) is 0 Å². The zero-order valence-corrected chi connectivity index (χ0v) is 19.9. The van der Waals surface area contributed by atoms with Crippen molar-refractivity contribution in [1.82, 2.24) is 14.9 Å². The first-order valence-electron chi connectivity index (χ1n) is 10.5. The van der Waals surface area contributed by atoms with Gasteiger partial charge < -0.3 is 19.9 Å². The van der Waals surface area contributed by atoms with Gasteiger partial charge in [0, 0.05) is 56.1 Å². The lowest BCUT2D eigenvalue weighted by molar-refractivity contribution is -0.130. The van der Waals surface area contributed by atoms with Crippen LogP contribution in [0.15, 0.2) is 53.4 Å². The molecule has 3 rings (SSSR count). The monoisotopic (exact) mass is 494 g/mol. The summed E-state index contributed by atoms with van der Waals surface area (Å²) in [6.07, 6.45) is 0. The molecule has 2 aromatic rings. The van der Waals surface area contributed by atoms with Gasteiger partial charge in [0.2, 0.25) is 15.9 Å². The molecule has 0 aliphatic carbocycles. The van der Waals surface area contributed by atoms with Crippen molar-refractivity contribution >= 4 is 39.1 Å². The molecule has 1 fully saturated rings. The van der Waals surface area contributed by atoms with Crippen LogP contribution >= 0.6 is 11.6 Å². The van der Waals surface area contributed by atoms with Crippen molar-refractivity contribution in [3.8, 4) is 0 Å². The lowest BCUT2D eigenvalue weighted by Gasteiger charge is -2.36. The fraction of sp³-hybridized carbons (Fsp3) is 0.364. The third-order valence-corrected chi connectivity index (χ3v) is 6.98. The number of sulfonamides is 1. The van der Waals surface area contributed by atoms with Crippen LogP contribution in [0.4, 0.5) is 5.69 Å². The quantitative estimate of drug-likeness (QED) is 0.509. The molecule has 2 N–H and O–H groups in total. The van der Waals surface area contributed by atoms with E-state index in [1.807, 2.05) is 24.3 Å². The van der Waals surface area contributed by atoms with E-state index in [0.717, 1.165) is 5.69 Å². The highest BCUT2D eigenvalue weighted by Crippen LogP contribution is 2.19. The second-order valence-corrected chi connectivity index (χ2v) is 9.65. The standard InChI is InChI=1S/C22H27ClN4O5S/c1-32-15-10-25-33(30,31)20-8-2-17(3-9-20)22(29)24-16-21(28)27-13-11-26(12-14-27)19-6-4-18(23)5-7-19/h2-9,25H,10-16H2,1H3,(H,24,29). The average Bonchev–Trinajstić information content (AvgIpc) is 2.83. The molecule has 2 amide bonds. The van der Waals surface area contributed by atoms with E-state index in [1.54, 1.807) is 4.90 Å². The molecule has 2 aromatic carbocycles. The Morgan fingerprint density at radius 3 is 2.24 bits per heavy atom. The Bertz CT molecular complexity index is 1050. The minimum atomic E-state index is -3.68. The molecule has 0 bridgehead atoms. The third kappa shape index (κ3) is 6.91. The summed E-state index contributed by atoms with van der Waals surface area (Å²) < 4.78 is 31.6. The van der Waals surface area contributed by atoms with Gasteiger partial charge in [-0.3, -0.25) is 9.59 Å². The number of nitrogens with zero attached hydrogens (tertiary/aromatic N) is 2. The summed E-state index contributed by atoms with van der Waals surface area (Å²) in [6.45, 7) is 2.77. The van der Waals surface area contributed by atoms with Gasteiger partial charge >= 0.3 is 0 Å². The van der Waals surface area contributed by atoms with Crippen LogP contribution in [0.1, 0.15) is 10.4 Å². The van der Waals surface area contributed by atoms with E-state index in [4.69, 9.17) is 16.3 Å². The maximum Gasteiger partial charge on any atom is 0.251 e. The molecule has 178 valence electrons. The molecule has 33 heavy (non-hydrogen) atoms. The van der Waals surface area contributed by atoms with Gasteiger partial charge in [-0.1, -0.05) is 11.6 Å². The minimum Gasteiger partial charge on any atom is -0.383 e. The van der Waals surface area contributed by atoms with E-state index in [0.29, 0.717) is 31.2 Å². The lowest BCUT2D eigenvalue weighted by atomic mass is 10.2. The molecule has 0 radical (unpaired) electrons. The summed E-state index contributed by atoms with van der Waals surface area (Å²) in [7, 11) is -2.20. The minimum absolute atomic E-state index is 0.0461. The fourth-order valence-electron chi connectivity index (χ4n) is 3.38. The highest BCUT2D eigenvalue weighted by molar-refractivity contribution is 7.89. The smallest absolute Gasteiger partial charge is 0.251 e. The molecule has 11 heteroatoms. The number of hydrogen-bond acceptors (Lipinski definition) is 6. The number of hydrogen-bond donors (Lipinski definition) is 2. The molecule has 9 nitrogen and oxygen atoms in total. The third-order valence-electron chi connectivity index (χ3n) is 5.25. The predicted octanol–water partition coefficient (Wildman–Crippen LogP) is 1.34. The Hall–Kier alpha value is -2.66. The topological polar surface area (TPSA) is 108 Å². The van der Waals surface area contributed by atoms with Crippen LogP contribution < -0.4 is 14.9 Å². The lowest BCUT2D eigenvalue weighted by Crippen LogP contribution is -2.51. The molecule has 0 spiro atoms. The summed E-state index contributed by atoms with van der Waals surface area (Å²) in [6, 6.07) is 13.1. The molecule has 1 aliphatic heterocycles. The van der Waals surface area contributed by atoms with E-state index in [2.05, 4.69) is 14.9 Å². The molecule has 1 heterocycles. The molecular weight excluding hydrogens is 468 g/mol. The first kappa shape index (κ1) is 25.0. The maximum absolute atomic E-state index is 12.5. The van der Waals surface area contributed by atoms with Crippen molar-refractivity contribution in [2.24, 2.45) is 0 Å². The Morgan fingerprint density at radius 2 is 1.64 bits per heavy atom. The van der Waals surface area contributed by atoms with Crippen molar-refractivity contribution in [3.05, 3.63) is 59.1 Å². The summed E-state index contributed by atoms with van der Waals surface area (Å²) in [4.78, 5) is 28.8. The zero-order valence-electron chi connectivity index (χ0n) is 18.3. The number of methoxy groups -OCH3 is 1. The van der Waals surface area contributed by atoms with Crippen LogP contribution in [0.25, 0.3) is 0 Å². The van der Waals surface area contributed by atoms with E-state index in [9.17, 15) is 18.0 Å². The van der Waals surface area contributed by atoms with Crippen LogP contribution in [0.3, 0.4) is 0 Å². The Kier molecular flexibility index (Phi) is 8.67. The van der Waals surface area contributed by atoms with Crippen molar-refractivity contribution < 1.29 is 22.7 Å². The number of ether oxygens (including phenoxy) is 1. The molecular formula is C22H27ClN4O5S. The highest BCUT2D eigenvalue weighted by Gasteiger charge is 2.22. The molecule has 1 aliphatic rings. The fourth-order valence-corrected chi connectivity index (χ4v) is 4.52. The van der Waals surface area contributed by atoms with Crippen LogP contribution in [0, 0.1) is 0 Å². The van der Waals surface area contributed by atoms with Crippen LogP contribution in [-0.2, 0) is 19.6 Å². The normalized spacial score (nSPS) is 14.2. The summed E-state index contributed by atoms with van der Waals surface area (Å²) in [5, 5.41) is 3.28. The predicted molar refractivity (Wildman–Crippen MR) is 126 cm³/mol. The first-order chi connectivity index (χ1) is 15.8. The van der Waals surface area contributed by atoms with E-state index >= 15 is 0 Å². The van der Waals surface area contributed by atoms with Gasteiger partial charge in [0.15, 0.2) is 0 Å². The van der Waals surface area contributed by atoms with Gasteiger partial charge in [0.25, 0.3) is 5.91 Å². The summed E-state index contributed by atoms with van der Waals surface area (Å²) in [5.74, 6) is -0.611. The molecule has 1 saturated heterocycles. The highest BCUT2D eigenvalue weighted by atomic mass is 35.5. The maximum atomic E-state index is 12.5. The second kappa shape index (κ2) is 11.5. The number of benzene rings is 2. The van der Waals surface area contributed by atoms with Gasteiger partial charge in [-0.2, -0.15) is 0 Å². The molecule has 0 atom stereocenters. The van der Waals surface area contributed by atoms with Gasteiger partial charge in [0.05, 0.1) is 18.0 Å². The Morgan fingerprint density at radius 1 is 1.00 bits per heavy atom. The van der Waals surface area contributed by atoms with Crippen LogP contribution in [0.2, 0.25) is 5.02 Å². The Labute approximate surface area is 198 Å². The van der Waals surface area contributed by atoms with Gasteiger partial charge in [0.1, 0.15) is 0 Å². The average molecular weight is 495 g/mol. The Balaban J connectivity index is 1.46. The first-order valence-corrected chi connectivity index (χ1v) is 12.3. The van der Waals surface area contributed by atoms with Gasteiger partial charge in [-0.25, -0.2) is 13.1 Å². The number of nitrogens with one attached hydrogen (secondary N) is 2. The SMILES string of the molecule is COCCNS(=O)(=O)c1ccc(C(=O)NCC(=O)N2CCN(c3ccc(Cl)cc3)CC2)cc1. The number of carbonyl (C=O) groups is 2. The van der Waals surface area contributed by atoms with Gasteiger partial charge in [-0.05, 0) is 48.5 Å². The van der Waals surface area contributed by atoms with Crippen LogP contribution in [-0.4, -0.2) is 78.1 Å². The number of amides is 2. The van der Waals surface area contributed by atoms with E-state index in [1.165, 1.54) is 31.4 Å². The summed E-state index contributed by atoms with van der Waals surface area (Å²) in [5.41, 5.74) is 1.32. The number of rotatable bonds is 9. The van der Waals surface area contributed by atoms with E-state index in [-0.39, 0.29) is 36.1 Å².